The Balaban J connectivity index is 1.44. The predicted molar refractivity (Wildman–Crippen MR) is 112 cm³/mol. The molecule has 1 heterocycles. The fraction of sp³-hybridized carbons (Fsp3) is 0.300. The number of nitrogens with two attached hydrogens (primary N) is 2. The molecule has 0 bridgehead atoms. The highest BCUT2D eigenvalue weighted by molar-refractivity contribution is 6.30. The number of hydroxylamine groups is 2. The Morgan fingerprint density at radius 2 is 1.57 bits per heavy atom. The van der Waals surface area contributed by atoms with Gasteiger partial charge in [-0.2, -0.15) is 10.1 Å². The van der Waals surface area contributed by atoms with Crippen LogP contribution in [0.2, 0.25) is 5.02 Å². The minimum atomic E-state index is -0.700. The second-order valence-electron chi connectivity index (χ2n) is 6.80. The summed E-state index contributed by atoms with van der Waals surface area (Å²) in [4.78, 5) is 13.9. The van der Waals surface area contributed by atoms with Crippen LogP contribution in [0.1, 0.15) is 20.3 Å². The lowest BCUT2D eigenvalue weighted by molar-refractivity contribution is -0.158. The van der Waals surface area contributed by atoms with E-state index in [1.807, 2.05) is 62.4 Å². The van der Waals surface area contributed by atoms with Gasteiger partial charge in [0.15, 0.2) is 5.66 Å². The van der Waals surface area contributed by atoms with Gasteiger partial charge in [-0.25, -0.2) is 4.99 Å². The molecule has 1 aliphatic rings. The molecule has 0 aromatic heterocycles. The van der Waals surface area contributed by atoms with Gasteiger partial charge in [0, 0.05) is 11.4 Å². The van der Waals surface area contributed by atoms with Crippen molar-refractivity contribution in [3.8, 4) is 16.9 Å². The van der Waals surface area contributed by atoms with Crippen molar-refractivity contribution in [2.24, 2.45) is 21.5 Å². The van der Waals surface area contributed by atoms with E-state index in [0.717, 1.165) is 21.9 Å². The number of guanidine groups is 2. The number of hydrogen-bond donors (Lipinski definition) is 2. The van der Waals surface area contributed by atoms with Crippen LogP contribution >= 0.6 is 11.6 Å². The third kappa shape index (κ3) is 4.94. The Morgan fingerprint density at radius 1 is 0.964 bits per heavy atom. The highest BCUT2D eigenvalue weighted by Crippen LogP contribution is 2.24. The summed E-state index contributed by atoms with van der Waals surface area (Å²) < 4.78 is 5.77. The summed E-state index contributed by atoms with van der Waals surface area (Å²) in [5.41, 5.74) is 13.0. The lowest BCUT2D eigenvalue weighted by Gasteiger charge is -2.36. The average molecular weight is 402 g/mol. The van der Waals surface area contributed by atoms with Gasteiger partial charge in [0.05, 0.1) is 13.2 Å². The summed E-state index contributed by atoms with van der Waals surface area (Å²) >= 11 is 5.93. The third-order valence-corrected chi connectivity index (χ3v) is 4.38. The highest BCUT2D eigenvalue weighted by Gasteiger charge is 2.32. The number of nitrogens with zero attached hydrogens (tertiary/aromatic N) is 3. The summed E-state index contributed by atoms with van der Waals surface area (Å²) in [5, 5.41) is 2.19. The van der Waals surface area contributed by atoms with Crippen LogP contribution in [-0.2, 0) is 4.84 Å². The molecular weight excluding hydrogens is 378 g/mol. The van der Waals surface area contributed by atoms with Crippen molar-refractivity contribution in [1.29, 1.82) is 0 Å². The SMILES string of the molecule is CC1(C)N=C(N)N=C(N)N1OCCCOc1ccc(-c2ccc(Cl)cc2)cc1. The second kappa shape index (κ2) is 8.50. The first-order valence-corrected chi connectivity index (χ1v) is 9.34. The Labute approximate surface area is 169 Å². The maximum atomic E-state index is 5.93. The normalized spacial score (nSPS) is 15.8. The van der Waals surface area contributed by atoms with Crippen LogP contribution in [0, 0.1) is 0 Å². The number of halogens is 1. The van der Waals surface area contributed by atoms with Gasteiger partial charge in [-0.15, -0.1) is 0 Å². The third-order valence-electron chi connectivity index (χ3n) is 4.13. The summed E-state index contributed by atoms with van der Waals surface area (Å²) in [6.07, 6.45) is 0.679. The van der Waals surface area contributed by atoms with Crippen LogP contribution in [0.3, 0.4) is 0 Å². The summed E-state index contributed by atoms with van der Waals surface area (Å²) in [7, 11) is 0. The summed E-state index contributed by atoms with van der Waals surface area (Å²) in [6.45, 7) is 4.62. The van der Waals surface area contributed by atoms with E-state index in [1.54, 1.807) is 0 Å². The van der Waals surface area contributed by atoms with Crippen LogP contribution < -0.4 is 16.2 Å². The molecule has 0 saturated heterocycles. The minimum Gasteiger partial charge on any atom is -0.494 e. The van der Waals surface area contributed by atoms with Crippen molar-refractivity contribution >= 4 is 23.5 Å². The molecule has 2 aromatic rings. The van der Waals surface area contributed by atoms with Gasteiger partial charge in [0.2, 0.25) is 11.9 Å². The topological polar surface area (TPSA) is 98.5 Å². The number of aliphatic imine (C=N–C) groups is 2. The zero-order chi connectivity index (χ0) is 20.1. The highest BCUT2D eigenvalue weighted by atomic mass is 35.5. The van der Waals surface area contributed by atoms with Gasteiger partial charge in [-0.3, -0.25) is 4.84 Å². The molecule has 3 rings (SSSR count). The van der Waals surface area contributed by atoms with Crippen molar-refractivity contribution in [2.45, 2.75) is 25.9 Å². The molecular formula is C20H24ClN5O2. The fourth-order valence-corrected chi connectivity index (χ4v) is 2.93. The lowest BCUT2D eigenvalue weighted by Crippen LogP contribution is -2.53. The molecule has 2 aromatic carbocycles. The van der Waals surface area contributed by atoms with E-state index in [-0.39, 0.29) is 11.9 Å². The van der Waals surface area contributed by atoms with Gasteiger partial charge in [0.1, 0.15) is 5.75 Å². The molecule has 0 radical (unpaired) electrons. The molecule has 0 spiro atoms. The monoisotopic (exact) mass is 401 g/mol. The van der Waals surface area contributed by atoms with E-state index < -0.39 is 5.66 Å². The van der Waals surface area contributed by atoms with Crippen LogP contribution in [0.5, 0.6) is 5.75 Å². The Hall–Kier alpha value is -2.77. The second-order valence-corrected chi connectivity index (χ2v) is 7.23. The molecule has 8 heteroatoms. The van der Waals surface area contributed by atoms with Crippen molar-refractivity contribution in [3.05, 3.63) is 53.6 Å². The molecule has 148 valence electrons. The van der Waals surface area contributed by atoms with Gasteiger partial charge < -0.3 is 16.2 Å². The maximum absolute atomic E-state index is 5.93. The van der Waals surface area contributed by atoms with Crippen LogP contribution in [0.25, 0.3) is 11.1 Å². The van der Waals surface area contributed by atoms with Gasteiger partial charge in [-0.1, -0.05) is 35.9 Å². The van der Waals surface area contributed by atoms with Gasteiger partial charge in [0.25, 0.3) is 0 Å². The summed E-state index contributed by atoms with van der Waals surface area (Å²) in [5.74, 6) is 1.14. The number of benzene rings is 2. The predicted octanol–water partition coefficient (Wildman–Crippen LogP) is 3.39. The van der Waals surface area contributed by atoms with E-state index >= 15 is 0 Å². The lowest BCUT2D eigenvalue weighted by atomic mass is 10.1. The first-order chi connectivity index (χ1) is 13.3. The van der Waals surface area contributed by atoms with Crippen LogP contribution in [0.15, 0.2) is 58.5 Å². The maximum Gasteiger partial charge on any atom is 0.226 e. The Morgan fingerprint density at radius 3 is 2.18 bits per heavy atom. The number of ether oxygens (including phenoxy) is 1. The van der Waals surface area contributed by atoms with E-state index in [2.05, 4.69) is 9.98 Å². The Kier molecular flexibility index (Phi) is 6.06. The number of hydrogen-bond acceptors (Lipinski definition) is 7. The summed E-state index contributed by atoms with van der Waals surface area (Å²) in [6, 6.07) is 15.7. The van der Waals surface area contributed by atoms with Gasteiger partial charge in [-0.05, 0) is 49.2 Å². The molecule has 28 heavy (non-hydrogen) atoms. The fourth-order valence-electron chi connectivity index (χ4n) is 2.81. The smallest absolute Gasteiger partial charge is 0.226 e. The standard InChI is InChI=1S/C20H24ClN5O2/c1-20(2)25-18(22)24-19(23)26(20)28-13-3-12-27-17-10-6-15(7-11-17)14-4-8-16(21)9-5-14/h4-11H,3,12-13H2,1-2H3,(H4,22,23,24,25). The average Bonchev–Trinajstić information content (AvgIpc) is 2.64. The van der Waals surface area contributed by atoms with Crippen LogP contribution in [-0.4, -0.2) is 35.9 Å². The molecule has 0 saturated carbocycles. The molecule has 7 nitrogen and oxygen atoms in total. The molecule has 0 unspecified atom stereocenters. The van der Waals surface area contributed by atoms with Crippen molar-refractivity contribution in [2.75, 3.05) is 13.2 Å². The van der Waals surface area contributed by atoms with E-state index in [1.165, 1.54) is 5.06 Å². The Bertz CT molecular complexity index is 863. The van der Waals surface area contributed by atoms with E-state index in [4.69, 9.17) is 32.6 Å². The first-order valence-electron chi connectivity index (χ1n) is 8.96. The quantitative estimate of drug-likeness (QED) is 0.693. The van der Waals surface area contributed by atoms with Crippen molar-refractivity contribution in [3.63, 3.8) is 0 Å². The molecule has 1 aliphatic heterocycles. The largest absolute Gasteiger partial charge is 0.494 e. The molecule has 0 amide bonds. The van der Waals surface area contributed by atoms with Crippen LogP contribution in [0.4, 0.5) is 0 Å². The number of rotatable bonds is 7. The van der Waals surface area contributed by atoms with E-state index in [0.29, 0.717) is 19.6 Å². The van der Waals surface area contributed by atoms with E-state index in [9.17, 15) is 0 Å². The molecule has 4 N–H and O–H groups in total. The van der Waals surface area contributed by atoms with Crippen molar-refractivity contribution < 1.29 is 9.57 Å². The van der Waals surface area contributed by atoms with Gasteiger partial charge >= 0.3 is 0 Å². The molecule has 0 fully saturated rings. The molecule has 0 atom stereocenters. The zero-order valence-electron chi connectivity index (χ0n) is 15.9. The minimum absolute atomic E-state index is 0.146. The molecule has 0 aliphatic carbocycles. The van der Waals surface area contributed by atoms with Crippen molar-refractivity contribution in [1.82, 2.24) is 5.06 Å². The zero-order valence-corrected chi connectivity index (χ0v) is 16.7. The first kappa shape index (κ1) is 20.0.